The second-order valence-electron chi connectivity index (χ2n) is 4.38. The molecule has 1 heterocycles. The molecule has 0 spiro atoms. The van der Waals surface area contributed by atoms with Crippen LogP contribution in [0.1, 0.15) is 26.2 Å². The molecule has 0 unspecified atom stereocenters. The number of ketones is 1. The Hall–Kier alpha value is -0.950. The molecular formula is C10H18N2O4S. The average molecular weight is 262 g/mol. The standard InChI is InChI=1S/C10H18N2O4S/c1-8(13)7-10(14)11-9-3-5-12(6-4-9)17(2,15)16/h9H,3-7H2,1-2H3,(H,11,14). The minimum absolute atomic E-state index is 0.0279. The van der Waals surface area contributed by atoms with E-state index in [2.05, 4.69) is 5.32 Å². The Morgan fingerprint density at radius 3 is 2.24 bits per heavy atom. The highest BCUT2D eigenvalue weighted by Crippen LogP contribution is 2.13. The summed E-state index contributed by atoms with van der Waals surface area (Å²) in [4.78, 5) is 22.1. The molecule has 0 aromatic carbocycles. The van der Waals surface area contributed by atoms with E-state index in [1.807, 2.05) is 0 Å². The van der Waals surface area contributed by atoms with Crippen molar-refractivity contribution in [3.05, 3.63) is 0 Å². The quantitative estimate of drug-likeness (QED) is 0.693. The Morgan fingerprint density at radius 1 is 1.29 bits per heavy atom. The van der Waals surface area contributed by atoms with Gasteiger partial charge in [0.25, 0.3) is 0 Å². The fourth-order valence-electron chi connectivity index (χ4n) is 1.84. The molecular weight excluding hydrogens is 244 g/mol. The van der Waals surface area contributed by atoms with E-state index >= 15 is 0 Å². The highest BCUT2D eigenvalue weighted by molar-refractivity contribution is 7.88. The van der Waals surface area contributed by atoms with Crippen LogP contribution >= 0.6 is 0 Å². The maximum atomic E-state index is 11.3. The Bertz CT molecular complexity index is 397. The molecule has 1 fully saturated rings. The van der Waals surface area contributed by atoms with Crippen LogP contribution in [0.15, 0.2) is 0 Å². The fraction of sp³-hybridized carbons (Fsp3) is 0.800. The first-order valence-electron chi connectivity index (χ1n) is 5.53. The van der Waals surface area contributed by atoms with Crippen molar-refractivity contribution in [1.82, 2.24) is 9.62 Å². The normalized spacial score (nSPS) is 18.9. The molecule has 0 aromatic rings. The number of Topliss-reactive ketones (excluding diaryl/α,β-unsaturated/α-hetero) is 1. The number of amides is 1. The molecule has 1 aliphatic rings. The van der Waals surface area contributed by atoms with E-state index in [4.69, 9.17) is 0 Å². The van der Waals surface area contributed by atoms with E-state index in [1.165, 1.54) is 17.5 Å². The molecule has 1 saturated heterocycles. The van der Waals surface area contributed by atoms with Gasteiger partial charge in [-0.3, -0.25) is 9.59 Å². The fourth-order valence-corrected chi connectivity index (χ4v) is 2.71. The first-order chi connectivity index (χ1) is 7.79. The van der Waals surface area contributed by atoms with Crippen LogP contribution in [-0.4, -0.2) is 49.8 Å². The lowest BCUT2D eigenvalue weighted by Crippen LogP contribution is -2.46. The zero-order chi connectivity index (χ0) is 13.1. The van der Waals surface area contributed by atoms with Gasteiger partial charge in [0.15, 0.2) is 0 Å². The summed E-state index contributed by atoms with van der Waals surface area (Å²) in [7, 11) is -3.13. The summed E-state index contributed by atoms with van der Waals surface area (Å²) in [5.41, 5.74) is 0. The third kappa shape index (κ3) is 4.82. The zero-order valence-electron chi connectivity index (χ0n) is 10.1. The maximum absolute atomic E-state index is 11.3. The minimum Gasteiger partial charge on any atom is -0.353 e. The topological polar surface area (TPSA) is 83.6 Å². The van der Waals surface area contributed by atoms with Gasteiger partial charge in [0.2, 0.25) is 15.9 Å². The van der Waals surface area contributed by atoms with Gasteiger partial charge < -0.3 is 5.32 Å². The monoisotopic (exact) mass is 262 g/mol. The maximum Gasteiger partial charge on any atom is 0.227 e. The third-order valence-electron chi connectivity index (χ3n) is 2.70. The molecule has 1 rings (SSSR count). The van der Waals surface area contributed by atoms with Crippen LogP contribution in [0.5, 0.6) is 0 Å². The average Bonchev–Trinajstić information content (AvgIpc) is 2.15. The minimum atomic E-state index is -3.13. The number of nitrogens with one attached hydrogen (secondary N) is 1. The van der Waals surface area contributed by atoms with Crippen LogP contribution < -0.4 is 5.32 Å². The van der Waals surface area contributed by atoms with Gasteiger partial charge in [0.05, 0.1) is 12.7 Å². The van der Waals surface area contributed by atoms with Crippen molar-refractivity contribution in [2.75, 3.05) is 19.3 Å². The Balaban J connectivity index is 2.38. The van der Waals surface area contributed by atoms with Gasteiger partial charge in [-0.2, -0.15) is 0 Å². The zero-order valence-corrected chi connectivity index (χ0v) is 10.9. The predicted molar refractivity (Wildman–Crippen MR) is 62.9 cm³/mol. The van der Waals surface area contributed by atoms with E-state index in [0.717, 1.165) is 0 Å². The van der Waals surface area contributed by atoms with Crippen molar-refractivity contribution in [2.24, 2.45) is 0 Å². The first kappa shape index (κ1) is 14.1. The Kier molecular flexibility index (Phi) is 4.64. The number of piperidine rings is 1. The SMILES string of the molecule is CC(=O)CC(=O)NC1CCN(S(C)(=O)=O)CC1. The lowest BCUT2D eigenvalue weighted by Gasteiger charge is -2.30. The lowest BCUT2D eigenvalue weighted by molar-refractivity contribution is -0.127. The molecule has 1 aliphatic heterocycles. The molecule has 98 valence electrons. The molecule has 6 nitrogen and oxygen atoms in total. The van der Waals surface area contributed by atoms with E-state index in [0.29, 0.717) is 25.9 Å². The van der Waals surface area contributed by atoms with E-state index in [9.17, 15) is 18.0 Å². The van der Waals surface area contributed by atoms with Crippen molar-refractivity contribution in [3.63, 3.8) is 0 Å². The van der Waals surface area contributed by atoms with Crippen molar-refractivity contribution in [2.45, 2.75) is 32.2 Å². The number of hydrogen-bond donors (Lipinski definition) is 1. The second-order valence-corrected chi connectivity index (χ2v) is 6.37. The van der Waals surface area contributed by atoms with Gasteiger partial charge in [-0.15, -0.1) is 0 Å². The molecule has 0 aliphatic carbocycles. The third-order valence-corrected chi connectivity index (χ3v) is 4.00. The van der Waals surface area contributed by atoms with Crippen molar-refractivity contribution in [1.29, 1.82) is 0 Å². The van der Waals surface area contributed by atoms with Gasteiger partial charge in [-0.25, -0.2) is 12.7 Å². The molecule has 1 amide bonds. The second kappa shape index (κ2) is 5.59. The van der Waals surface area contributed by atoms with Crippen molar-refractivity contribution >= 4 is 21.7 Å². The molecule has 17 heavy (non-hydrogen) atoms. The smallest absolute Gasteiger partial charge is 0.227 e. The lowest BCUT2D eigenvalue weighted by atomic mass is 10.1. The molecule has 0 aromatic heterocycles. The van der Waals surface area contributed by atoms with Crippen LogP contribution in [0.25, 0.3) is 0 Å². The number of nitrogens with zero attached hydrogens (tertiary/aromatic N) is 1. The van der Waals surface area contributed by atoms with Gasteiger partial charge >= 0.3 is 0 Å². The Labute approximate surface area is 101 Å². The van der Waals surface area contributed by atoms with Crippen LogP contribution in [0.3, 0.4) is 0 Å². The molecule has 0 bridgehead atoms. The Morgan fingerprint density at radius 2 is 1.82 bits per heavy atom. The van der Waals surface area contributed by atoms with Gasteiger partial charge in [0, 0.05) is 19.1 Å². The molecule has 0 saturated carbocycles. The summed E-state index contributed by atoms with van der Waals surface area (Å²) in [5.74, 6) is -0.452. The van der Waals surface area contributed by atoms with E-state index < -0.39 is 10.0 Å². The highest BCUT2D eigenvalue weighted by atomic mass is 32.2. The van der Waals surface area contributed by atoms with Crippen LogP contribution in [0, 0.1) is 0 Å². The number of hydrogen-bond acceptors (Lipinski definition) is 4. The summed E-state index contributed by atoms with van der Waals surface area (Å²) < 4.78 is 23.9. The summed E-state index contributed by atoms with van der Waals surface area (Å²) in [6.45, 7) is 2.21. The summed E-state index contributed by atoms with van der Waals surface area (Å²) in [5, 5.41) is 2.74. The molecule has 0 radical (unpaired) electrons. The first-order valence-corrected chi connectivity index (χ1v) is 7.38. The van der Waals surface area contributed by atoms with Crippen molar-refractivity contribution in [3.8, 4) is 0 Å². The van der Waals surface area contributed by atoms with Gasteiger partial charge in [-0.1, -0.05) is 0 Å². The summed E-state index contributed by atoms with van der Waals surface area (Å²) in [6, 6.07) is -0.0279. The highest BCUT2D eigenvalue weighted by Gasteiger charge is 2.25. The molecule has 1 N–H and O–H groups in total. The number of carbonyl (C=O) groups excluding carboxylic acids is 2. The largest absolute Gasteiger partial charge is 0.353 e. The predicted octanol–water partition coefficient (Wildman–Crippen LogP) is -0.494. The molecule has 0 atom stereocenters. The van der Waals surface area contributed by atoms with Crippen LogP contribution in [0.4, 0.5) is 0 Å². The van der Waals surface area contributed by atoms with Gasteiger partial charge in [0.1, 0.15) is 5.78 Å². The van der Waals surface area contributed by atoms with E-state index in [-0.39, 0.29) is 24.2 Å². The summed E-state index contributed by atoms with van der Waals surface area (Å²) >= 11 is 0. The summed E-state index contributed by atoms with van der Waals surface area (Å²) in [6.07, 6.45) is 2.27. The number of carbonyl (C=O) groups is 2. The van der Waals surface area contributed by atoms with Gasteiger partial charge in [-0.05, 0) is 19.8 Å². The number of sulfonamides is 1. The number of rotatable bonds is 4. The molecule has 7 heteroatoms. The van der Waals surface area contributed by atoms with Crippen LogP contribution in [0.2, 0.25) is 0 Å². The van der Waals surface area contributed by atoms with E-state index in [1.54, 1.807) is 0 Å². The van der Waals surface area contributed by atoms with Crippen LogP contribution in [-0.2, 0) is 19.6 Å². The van der Waals surface area contributed by atoms with Crippen molar-refractivity contribution < 1.29 is 18.0 Å².